The molecule has 5 heteroatoms. The minimum absolute atomic E-state index is 0.482. The van der Waals surface area contributed by atoms with Gasteiger partial charge >= 0.3 is 0 Å². The van der Waals surface area contributed by atoms with Gasteiger partial charge in [0.25, 0.3) is 0 Å². The summed E-state index contributed by atoms with van der Waals surface area (Å²) in [6.45, 7) is 6.36. The van der Waals surface area contributed by atoms with Crippen molar-refractivity contribution in [2.45, 2.75) is 52.5 Å². The molecule has 0 amide bonds. The Hall–Kier alpha value is -1.36. The predicted octanol–water partition coefficient (Wildman–Crippen LogP) is 3.01. The first-order valence-corrected chi connectivity index (χ1v) is 7.73. The number of thiocarbonyl (C=S) groups is 1. The van der Waals surface area contributed by atoms with E-state index in [0.717, 1.165) is 17.0 Å². The molecule has 0 saturated heterocycles. The van der Waals surface area contributed by atoms with E-state index in [4.69, 9.17) is 12.2 Å². The molecule has 1 aromatic heterocycles. The monoisotopic (exact) mass is 292 g/mol. The smallest absolute Gasteiger partial charge is 0.187 e. The summed E-state index contributed by atoms with van der Waals surface area (Å²) in [4.78, 5) is 3.25. The van der Waals surface area contributed by atoms with Gasteiger partial charge in [-0.25, -0.2) is 0 Å². The predicted molar refractivity (Wildman–Crippen MR) is 88.2 cm³/mol. The number of nitrogens with one attached hydrogen (secondary N) is 3. The van der Waals surface area contributed by atoms with Crippen LogP contribution in [0.2, 0.25) is 0 Å². The Morgan fingerprint density at radius 2 is 2.15 bits per heavy atom. The van der Waals surface area contributed by atoms with Gasteiger partial charge in [-0.2, -0.15) is 5.10 Å². The van der Waals surface area contributed by atoms with Crippen LogP contribution < -0.4 is 10.7 Å². The molecule has 0 unspecified atom stereocenters. The molecule has 1 aromatic rings. The summed E-state index contributed by atoms with van der Waals surface area (Å²) in [7, 11) is 0. The number of H-pyrrole nitrogens is 1. The molecule has 2 rings (SSSR count). The van der Waals surface area contributed by atoms with E-state index in [1.54, 1.807) is 6.21 Å². The SMILES string of the molecule is Cc1cc(/C=N/NC(=S)N[C@@H]2CCCC[C@@H]2C)c(C)[nH]1. The molecule has 1 saturated carbocycles. The zero-order valence-corrected chi connectivity index (χ0v) is 13.3. The van der Waals surface area contributed by atoms with Crippen molar-refractivity contribution >= 4 is 23.5 Å². The van der Waals surface area contributed by atoms with Crippen LogP contribution in [0.15, 0.2) is 11.2 Å². The van der Waals surface area contributed by atoms with Crippen LogP contribution >= 0.6 is 12.2 Å². The summed E-state index contributed by atoms with van der Waals surface area (Å²) in [6, 6.07) is 2.55. The van der Waals surface area contributed by atoms with E-state index in [1.807, 2.05) is 13.8 Å². The normalized spacial score (nSPS) is 22.9. The van der Waals surface area contributed by atoms with Crippen molar-refractivity contribution in [1.29, 1.82) is 0 Å². The van der Waals surface area contributed by atoms with Crippen LogP contribution in [0.4, 0.5) is 0 Å². The Kier molecular flexibility index (Phi) is 5.17. The van der Waals surface area contributed by atoms with Gasteiger partial charge in [0.15, 0.2) is 5.11 Å². The van der Waals surface area contributed by atoms with Crippen LogP contribution in [0.5, 0.6) is 0 Å². The first kappa shape index (κ1) is 15.0. The van der Waals surface area contributed by atoms with Gasteiger partial charge in [-0.3, -0.25) is 5.43 Å². The molecule has 1 fully saturated rings. The maximum Gasteiger partial charge on any atom is 0.187 e. The third-order valence-electron chi connectivity index (χ3n) is 3.99. The van der Waals surface area contributed by atoms with Crippen molar-refractivity contribution in [3.8, 4) is 0 Å². The zero-order chi connectivity index (χ0) is 14.5. The van der Waals surface area contributed by atoms with Gasteiger partial charge in [-0.05, 0) is 50.9 Å². The molecular weight excluding hydrogens is 268 g/mol. The average molecular weight is 292 g/mol. The van der Waals surface area contributed by atoms with Gasteiger partial charge in [0.1, 0.15) is 0 Å². The summed E-state index contributed by atoms with van der Waals surface area (Å²) < 4.78 is 0. The second kappa shape index (κ2) is 6.88. The number of aromatic nitrogens is 1. The number of aryl methyl sites for hydroxylation is 2. The highest BCUT2D eigenvalue weighted by Crippen LogP contribution is 2.23. The van der Waals surface area contributed by atoms with Gasteiger partial charge in [0.2, 0.25) is 0 Å². The molecule has 0 aromatic carbocycles. The van der Waals surface area contributed by atoms with Gasteiger partial charge in [0, 0.05) is 23.0 Å². The average Bonchev–Trinajstić information content (AvgIpc) is 2.71. The Labute approximate surface area is 126 Å². The Morgan fingerprint density at radius 1 is 1.40 bits per heavy atom. The second-order valence-corrected chi connectivity index (χ2v) is 6.15. The molecule has 1 heterocycles. The quantitative estimate of drug-likeness (QED) is 0.456. The lowest BCUT2D eigenvalue weighted by Crippen LogP contribution is -2.44. The Morgan fingerprint density at radius 3 is 2.80 bits per heavy atom. The fourth-order valence-electron chi connectivity index (χ4n) is 2.77. The van der Waals surface area contributed by atoms with E-state index in [-0.39, 0.29) is 0 Å². The Bertz CT molecular complexity index is 492. The minimum atomic E-state index is 0.482. The molecular formula is C15H24N4S. The molecule has 0 bridgehead atoms. The number of hydrogen-bond donors (Lipinski definition) is 3. The van der Waals surface area contributed by atoms with Gasteiger partial charge < -0.3 is 10.3 Å². The summed E-state index contributed by atoms with van der Waals surface area (Å²) in [5, 5.41) is 8.20. The highest BCUT2D eigenvalue weighted by Gasteiger charge is 2.21. The van der Waals surface area contributed by atoms with Gasteiger partial charge in [-0.15, -0.1) is 0 Å². The van der Waals surface area contributed by atoms with Crippen LogP contribution in [0.3, 0.4) is 0 Å². The van der Waals surface area contributed by atoms with Crippen LogP contribution in [-0.2, 0) is 0 Å². The lowest BCUT2D eigenvalue weighted by molar-refractivity contribution is 0.308. The standard InChI is InChI=1S/C15H24N4S/c1-10-6-4-5-7-14(10)18-15(20)19-16-9-13-8-11(2)17-12(13)3/h8-10,14,17H,4-7H2,1-3H3,(H2,18,19,20)/b16-9+/t10-,14+/m0/s1. The van der Waals surface area contributed by atoms with Crippen molar-refractivity contribution in [3.63, 3.8) is 0 Å². The van der Waals surface area contributed by atoms with Crippen LogP contribution in [-0.4, -0.2) is 22.4 Å². The third-order valence-corrected chi connectivity index (χ3v) is 4.20. The van der Waals surface area contributed by atoms with E-state index in [2.05, 4.69) is 33.8 Å². The third kappa shape index (κ3) is 4.07. The molecule has 3 N–H and O–H groups in total. The van der Waals surface area contributed by atoms with E-state index in [0.29, 0.717) is 17.1 Å². The molecule has 110 valence electrons. The van der Waals surface area contributed by atoms with Crippen molar-refractivity contribution in [2.24, 2.45) is 11.0 Å². The molecule has 0 spiro atoms. The second-order valence-electron chi connectivity index (χ2n) is 5.74. The molecule has 0 radical (unpaired) electrons. The lowest BCUT2D eigenvalue weighted by atomic mass is 9.86. The summed E-state index contributed by atoms with van der Waals surface area (Å²) in [6.07, 6.45) is 6.91. The van der Waals surface area contributed by atoms with E-state index in [9.17, 15) is 0 Å². The molecule has 4 nitrogen and oxygen atoms in total. The topological polar surface area (TPSA) is 52.2 Å². The first-order chi connectivity index (χ1) is 9.56. The van der Waals surface area contributed by atoms with Crippen LogP contribution in [0.25, 0.3) is 0 Å². The van der Waals surface area contributed by atoms with Gasteiger partial charge in [0.05, 0.1) is 6.21 Å². The maximum absolute atomic E-state index is 5.30. The Balaban J connectivity index is 1.81. The van der Waals surface area contributed by atoms with Crippen molar-refractivity contribution in [2.75, 3.05) is 0 Å². The first-order valence-electron chi connectivity index (χ1n) is 7.32. The number of hydrazone groups is 1. The lowest BCUT2D eigenvalue weighted by Gasteiger charge is -2.30. The van der Waals surface area contributed by atoms with E-state index in [1.165, 1.54) is 25.7 Å². The summed E-state index contributed by atoms with van der Waals surface area (Å²) >= 11 is 5.30. The van der Waals surface area contributed by atoms with Crippen LogP contribution in [0.1, 0.15) is 49.6 Å². The van der Waals surface area contributed by atoms with E-state index < -0.39 is 0 Å². The maximum atomic E-state index is 5.30. The largest absolute Gasteiger partial charge is 0.362 e. The molecule has 2 atom stereocenters. The van der Waals surface area contributed by atoms with Crippen LogP contribution in [0, 0.1) is 19.8 Å². The number of aromatic amines is 1. The minimum Gasteiger partial charge on any atom is -0.362 e. The highest BCUT2D eigenvalue weighted by atomic mass is 32.1. The number of hydrogen-bond acceptors (Lipinski definition) is 2. The fraction of sp³-hybridized carbons (Fsp3) is 0.600. The van der Waals surface area contributed by atoms with Gasteiger partial charge in [-0.1, -0.05) is 19.8 Å². The number of rotatable bonds is 3. The number of nitrogens with zero attached hydrogens (tertiary/aromatic N) is 1. The van der Waals surface area contributed by atoms with Crippen molar-refractivity contribution in [1.82, 2.24) is 15.7 Å². The summed E-state index contributed by atoms with van der Waals surface area (Å²) in [5.41, 5.74) is 6.26. The molecule has 0 aliphatic heterocycles. The van der Waals surface area contributed by atoms with E-state index >= 15 is 0 Å². The fourth-order valence-corrected chi connectivity index (χ4v) is 2.98. The van der Waals surface area contributed by atoms with Crippen molar-refractivity contribution in [3.05, 3.63) is 23.0 Å². The molecule has 20 heavy (non-hydrogen) atoms. The zero-order valence-electron chi connectivity index (χ0n) is 12.5. The summed E-state index contributed by atoms with van der Waals surface area (Å²) in [5.74, 6) is 0.682. The molecule has 1 aliphatic rings. The highest BCUT2D eigenvalue weighted by molar-refractivity contribution is 7.80. The van der Waals surface area contributed by atoms with Crippen molar-refractivity contribution < 1.29 is 0 Å². The molecule has 1 aliphatic carbocycles.